The van der Waals surface area contributed by atoms with Gasteiger partial charge in [0.15, 0.2) is 5.76 Å². The standard InChI is InChI=1S/C5H5F2NO3S/c6-5(7)4-3(1-2-11-4)12(8,9)10/h1-2,5H,(H2,8,9,10). The lowest BCUT2D eigenvalue weighted by atomic mass is 10.5. The molecular weight excluding hydrogens is 192 g/mol. The highest BCUT2D eigenvalue weighted by Gasteiger charge is 2.23. The second-order valence-electron chi connectivity index (χ2n) is 1.99. The molecule has 7 heteroatoms. The summed E-state index contributed by atoms with van der Waals surface area (Å²) in [5.41, 5.74) is 0. The smallest absolute Gasteiger partial charge is 0.296 e. The van der Waals surface area contributed by atoms with Gasteiger partial charge in [0.25, 0.3) is 6.43 Å². The van der Waals surface area contributed by atoms with E-state index in [1.807, 2.05) is 0 Å². The molecule has 0 saturated heterocycles. The summed E-state index contributed by atoms with van der Waals surface area (Å²) in [4.78, 5) is -0.669. The second-order valence-corrected chi connectivity index (χ2v) is 3.52. The van der Waals surface area contributed by atoms with E-state index in [2.05, 4.69) is 9.56 Å². The number of primary sulfonamides is 1. The van der Waals surface area contributed by atoms with Crippen LogP contribution in [0.15, 0.2) is 21.6 Å². The number of nitrogens with two attached hydrogens (primary N) is 1. The van der Waals surface area contributed by atoms with Crippen LogP contribution in [0.1, 0.15) is 12.2 Å². The Morgan fingerprint density at radius 2 is 2.08 bits per heavy atom. The summed E-state index contributed by atoms with van der Waals surface area (Å²) < 4.78 is 49.4. The molecule has 1 aromatic rings. The van der Waals surface area contributed by atoms with Gasteiger partial charge in [0.1, 0.15) is 4.90 Å². The molecule has 0 aromatic carbocycles. The Kier molecular flexibility index (Phi) is 2.16. The number of hydrogen-bond acceptors (Lipinski definition) is 3. The highest BCUT2D eigenvalue weighted by atomic mass is 32.2. The first kappa shape index (κ1) is 9.14. The van der Waals surface area contributed by atoms with Crippen molar-refractivity contribution >= 4 is 10.0 Å². The number of sulfonamides is 1. The van der Waals surface area contributed by atoms with E-state index >= 15 is 0 Å². The summed E-state index contributed by atoms with van der Waals surface area (Å²) >= 11 is 0. The van der Waals surface area contributed by atoms with E-state index in [0.29, 0.717) is 0 Å². The van der Waals surface area contributed by atoms with Crippen LogP contribution in [0.4, 0.5) is 8.78 Å². The minimum absolute atomic E-state index is 0.669. The zero-order valence-corrected chi connectivity index (χ0v) is 6.51. The van der Waals surface area contributed by atoms with Crippen LogP contribution in [0, 0.1) is 0 Å². The van der Waals surface area contributed by atoms with Crippen LogP contribution >= 0.6 is 0 Å². The average Bonchev–Trinajstić information content (AvgIpc) is 2.30. The van der Waals surface area contributed by atoms with Crippen LogP contribution in [0.25, 0.3) is 0 Å². The van der Waals surface area contributed by atoms with Crippen LogP contribution in [-0.2, 0) is 10.0 Å². The largest absolute Gasteiger partial charge is 0.462 e. The maximum Gasteiger partial charge on any atom is 0.296 e. The van der Waals surface area contributed by atoms with E-state index in [1.165, 1.54) is 0 Å². The Morgan fingerprint density at radius 1 is 1.50 bits per heavy atom. The summed E-state index contributed by atoms with van der Waals surface area (Å²) in [6.07, 6.45) is -2.13. The molecule has 0 aliphatic rings. The Balaban J connectivity index is 3.26. The summed E-state index contributed by atoms with van der Waals surface area (Å²) in [6, 6.07) is 0.886. The van der Waals surface area contributed by atoms with Gasteiger partial charge >= 0.3 is 0 Å². The highest BCUT2D eigenvalue weighted by Crippen LogP contribution is 2.26. The summed E-state index contributed by atoms with van der Waals surface area (Å²) in [5.74, 6) is -0.919. The van der Waals surface area contributed by atoms with Gasteiger partial charge in [-0.05, 0) is 6.07 Å². The number of furan rings is 1. The molecule has 68 valence electrons. The monoisotopic (exact) mass is 197 g/mol. The van der Waals surface area contributed by atoms with Gasteiger partial charge in [-0.25, -0.2) is 22.3 Å². The minimum atomic E-state index is -4.11. The predicted molar refractivity (Wildman–Crippen MR) is 35.0 cm³/mol. The fourth-order valence-electron chi connectivity index (χ4n) is 0.703. The van der Waals surface area contributed by atoms with Crippen molar-refractivity contribution in [2.45, 2.75) is 11.3 Å². The number of alkyl halides is 2. The van der Waals surface area contributed by atoms with Crippen LogP contribution < -0.4 is 5.14 Å². The molecule has 1 rings (SSSR count). The first-order valence-corrected chi connectivity index (χ1v) is 4.36. The van der Waals surface area contributed by atoms with Crippen LogP contribution in [0.3, 0.4) is 0 Å². The van der Waals surface area contributed by atoms with Crippen molar-refractivity contribution in [2.24, 2.45) is 5.14 Å². The summed E-state index contributed by atoms with van der Waals surface area (Å²) in [5, 5.41) is 4.62. The molecule has 0 saturated carbocycles. The molecule has 0 spiro atoms. The summed E-state index contributed by atoms with van der Waals surface area (Å²) in [6.45, 7) is 0. The van der Waals surface area contributed by atoms with Gasteiger partial charge in [-0.1, -0.05) is 0 Å². The minimum Gasteiger partial charge on any atom is -0.462 e. The maximum atomic E-state index is 12.0. The van der Waals surface area contributed by atoms with Gasteiger partial charge in [-0.15, -0.1) is 0 Å². The third-order valence-electron chi connectivity index (χ3n) is 1.16. The van der Waals surface area contributed by atoms with Crippen molar-refractivity contribution < 1.29 is 21.6 Å². The molecule has 0 amide bonds. The lowest BCUT2D eigenvalue weighted by Crippen LogP contribution is -2.13. The van der Waals surface area contributed by atoms with Gasteiger partial charge in [-0.3, -0.25) is 0 Å². The van der Waals surface area contributed by atoms with Gasteiger partial charge in [-0.2, -0.15) is 0 Å². The van der Waals surface area contributed by atoms with Crippen molar-refractivity contribution in [3.8, 4) is 0 Å². The van der Waals surface area contributed by atoms with Crippen LogP contribution in [-0.4, -0.2) is 8.42 Å². The molecule has 0 bridgehead atoms. The van der Waals surface area contributed by atoms with Gasteiger partial charge in [0.05, 0.1) is 6.26 Å². The molecule has 0 aliphatic carbocycles. The molecule has 12 heavy (non-hydrogen) atoms. The number of halogens is 2. The molecule has 1 aromatic heterocycles. The Bertz CT molecular complexity index is 370. The van der Waals surface area contributed by atoms with Crippen molar-refractivity contribution in [1.29, 1.82) is 0 Å². The van der Waals surface area contributed by atoms with Crippen molar-refractivity contribution in [3.05, 3.63) is 18.1 Å². The molecule has 0 aliphatic heterocycles. The van der Waals surface area contributed by atoms with E-state index in [-0.39, 0.29) is 0 Å². The highest BCUT2D eigenvalue weighted by molar-refractivity contribution is 7.89. The Labute approximate surface area is 67.0 Å². The maximum absolute atomic E-state index is 12.0. The van der Waals surface area contributed by atoms with Crippen molar-refractivity contribution in [2.75, 3.05) is 0 Å². The lowest BCUT2D eigenvalue weighted by molar-refractivity contribution is 0.117. The van der Waals surface area contributed by atoms with Crippen molar-refractivity contribution in [1.82, 2.24) is 0 Å². The first-order valence-electron chi connectivity index (χ1n) is 2.81. The molecule has 0 unspecified atom stereocenters. The molecule has 2 N–H and O–H groups in total. The van der Waals surface area contributed by atoms with E-state index < -0.39 is 27.1 Å². The molecule has 0 atom stereocenters. The van der Waals surface area contributed by atoms with E-state index in [9.17, 15) is 17.2 Å². The van der Waals surface area contributed by atoms with Gasteiger partial charge in [0, 0.05) is 0 Å². The summed E-state index contributed by atoms with van der Waals surface area (Å²) in [7, 11) is -4.11. The zero-order valence-electron chi connectivity index (χ0n) is 5.70. The lowest BCUT2D eigenvalue weighted by Gasteiger charge is -1.96. The number of rotatable bonds is 2. The quantitative estimate of drug-likeness (QED) is 0.764. The molecule has 0 radical (unpaired) electrons. The second kappa shape index (κ2) is 2.83. The topological polar surface area (TPSA) is 73.3 Å². The Hall–Kier alpha value is -0.950. The first-order chi connectivity index (χ1) is 5.43. The van der Waals surface area contributed by atoms with Crippen molar-refractivity contribution in [3.63, 3.8) is 0 Å². The molecule has 1 heterocycles. The van der Waals surface area contributed by atoms with Crippen LogP contribution in [0.5, 0.6) is 0 Å². The average molecular weight is 197 g/mol. The zero-order chi connectivity index (χ0) is 9.35. The van der Waals surface area contributed by atoms with E-state index in [0.717, 1.165) is 12.3 Å². The van der Waals surface area contributed by atoms with Gasteiger partial charge in [0.2, 0.25) is 10.0 Å². The molecular formula is C5H5F2NO3S. The van der Waals surface area contributed by atoms with E-state index in [4.69, 9.17) is 0 Å². The number of hydrogen-bond donors (Lipinski definition) is 1. The third kappa shape index (κ3) is 1.62. The fourth-order valence-corrected chi connectivity index (χ4v) is 1.37. The normalized spacial score (nSPS) is 12.3. The third-order valence-corrected chi connectivity index (χ3v) is 2.11. The predicted octanol–water partition coefficient (Wildman–Crippen LogP) is 0.865. The molecule has 4 nitrogen and oxygen atoms in total. The SMILES string of the molecule is NS(=O)(=O)c1ccoc1C(F)F. The van der Waals surface area contributed by atoms with E-state index in [1.54, 1.807) is 0 Å². The Morgan fingerprint density at radius 3 is 2.42 bits per heavy atom. The van der Waals surface area contributed by atoms with Gasteiger partial charge < -0.3 is 4.42 Å². The van der Waals surface area contributed by atoms with Crippen LogP contribution in [0.2, 0.25) is 0 Å². The fraction of sp³-hybridized carbons (Fsp3) is 0.200. The molecule has 0 fully saturated rings.